The van der Waals surface area contributed by atoms with Crippen molar-refractivity contribution in [3.8, 4) is 0 Å². The number of imidazole rings is 1. The molecular formula is C22H25ClN4O2. The Bertz CT molecular complexity index is 1020. The van der Waals surface area contributed by atoms with Gasteiger partial charge in [0.1, 0.15) is 5.02 Å². The smallest absolute Gasteiger partial charge is 0.286 e. The lowest BCUT2D eigenvalue weighted by Crippen LogP contribution is -2.36. The molecule has 0 aliphatic heterocycles. The van der Waals surface area contributed by atoms with E-state index in [1.165, 1.54) is 4.68 Å². The van der Waals surface area contributed by atoms with Gasteiger partial charge >= 0.3 is 0 Å². The highest BCUT2D eigenvalue weighted by Gasteiger charge is 2.18. The van der Waals surface area contributed by atoms with E-state index in [1.54, 1.807) is 24.8 Å². The van der Waals surface area contributed by atoms with Crippen LogP contribution < -0.4 is 5.56 Å². The number of hydrogen-bond acceptors (Lipinski definition) is 4. The Balaban J connectivity index is 1.58. The molecular weight excluding hydrogens is 388 g/mol. The van der Waals surface area contributed by atoms with Gasteiger partial charge in [0, 0.05) is 24.5 Å². The summed E-state index contributed by atoms with van der Waals surface area (Å²) in [5.74, 6) is 0. The number of hydrogen-bond donors (Lipinski definition) is 0. The summed E-state index contributed by atoms with van der Waals surface area (Å²) in [5.41, 5.74) is 2.00. The molecule has 0 saturated carbocycles. The summed E-state index contributed by atoms with van der Waals surface area (Å²) in [6, 6.07) is 8.05. The molecule has 0 fully saturated rings. The molecule has 3 rings (SSSR count). The van der Waals surface area contributed by atoms with Crippen molar-refractivity contribution in [1.29, 1.82) is 0 Å². The maximum atomic E-state index is 12.4. The molecule has 0 aliphatic rings. The van der Waals surface area contributed by atoms with Crippen LogP contribution in [0.3, 0.4) is 0 Å². The Labute approximate surface area is 175 Å². The van der Waals surface area contributed by atoms with Crippen LogP contribution in [-0.2, 0) is 23.4 Å². The van der Waals surface area contributed by atoms with E-state index in [1.807, 2.05) is 61.9 Å². The van der Waals surface area contributed by atoms with Gasteiger partial charge in [-0.25, -0.2) is 9.67 Å². The van der Waals surface area contributed by atoms with Crippen molar-refractivity contribution in [3.05, 3.63) is 81.3 Å². The third-order valence-electron chi connectivity index (χ3n) is 4.34. The summed E-state index contributed by atoms with van der Waals surface area (Å²) in [7, 11) is 0. The maximum absolute atomic E-state index is 12.4. The van der Waals surface area contributed by atoms with Crippen LogP contribution in [0.1, 0.15) is 37.5 Å². The minimum atomic E-state index is -0.417. The Morgan fingerprint density at radius 1 is 1.17 bits per heavy atom. The number of benzene rings is 1. The van der Waals surface area contributed by atoms with Crippen molar-refractivity contribution in [2.75, 3.05) is 6.61 Å². The molecule has 7 heteroatoms. The van der Waals surface area contributed by atoms with E-state index in [0.717, 1.165) is 17.7 Å². The Morgan fingerprint density at radius 3 is 2.59 bits per heavy atom. The minimum absolute atomic E-state index is 0.175. The van der Waals surface area contributed by atoms with Gasteiger partial charge in [-0.3, -0.25) is 4.79 Å². The van der Waals surface area contributed by atoms with Gasteiger partial charge in [0.15, 0.2) is 0 Å². The molecule has 2 aromatic heterocycles. The molecule has 0 bridgehead atoms. The summed E-state index contributed by atoms with van der Waals surface area (Å²) in [5, 5.41) is 4.42. The topological polar surface area (TPSA) is 61.9 Å². The average molecular weight is 413 g/mol. The molecule has 0 radical (unpaired) electrons. The lowest BCUT2D eigenvalue weighted by atomic mass is 10.1. The molecule has 1 aromatic carbocycles. The van der Waals surface area contributed by atoms with Crippen LogP contribution >= 0.6 is 11.6 Å². The Kier molecular flexibility index (Phi) is 6.67. The van der Waals surface area contributed by atoms with E-state index in [9.17, 15) is 4.79 Å². The quantitative estimate of drug-likeness (QED) is 0.544. The predicted octanol–water partition coefficient (Wildman–Crippen LogP) is 4.24. The second-order valence-electron chi connectivity index (χ2n) is 7.73. The zero-order valence-corrected chi connectivity index (χ0v) is 17.6. The van der Waals surface area contributed by atoms with E-state index < -0.39 is 5.54 Å². The summed E-state index contributed by atoms with van der Waals surface area (Å²) < 4.78 is 9.08. The highest BCUT2D eigenvalue weighted by atomic mass is 35.5. The third kappa shape index (κ3) is 5.65. The molecule has 152 valence electrons. The molecule has 0 unspecified atom stereocenters. The van der Waals surface area contributed by atoms with Crippen LogP contribution in [0.2, 0.25) is 5.02 Å². The molecule has 0 N–H and O–H groups in total. The van der Waals surface area contributed by atoms with Gasteiger partial charge in [-0.1, -0.05) is 48.0 Å². The first-order chi connectivity index (χ1) is 13.8. The first-order valence-electron chi connectivity index (χ1n) is 9.43. The SMILES string of the molecule is CC(C)(C)n1ncc(/C=C/c2ccc(COCCn3ccnc3)cc2)c(Cl)c1=O. The minimum Gasteiger partial charge on any atom is -0.375 e. The van der Waals surface area contributed by atoms with E-state index in [-0.39, 0.29) is 10.6 Å². The molecule has 0 amide bonds. The Hall–Kier alpha value is -2.70. The number of aromatic nitrogens is 4. The second kappa shape index (κ2) is 9.20. The monoisotopic (exact) mass is 412 g/mol. The van der Waals surface area contributed by atoms with E-state index >= 15 is 0 Å². The molecule has 2 heterocycles. The zero-order valence-electron chi connectivity index (χ0n) is 16.9. The summed E-state index contributed by atoms with van der Waals surface area (Å²) in [4.78, 5) is 16.4. The molecule has 0 saturated heterocycles. The molecule has 0 aliphatic carbocycles. The highest BCUT2D eigenvalue weighted by Crippen LogP contribution is 2.17. The van der Waals surface area contributed by atoms with Gasteiger partial charge in [-0.2, -0.15) is 5.10 Å². The number of nitrogens with zero attached hydrogens (tertiary/aromatic N) is 4. The number of ether oxygens (including phenoxy) is 1. The van der Waals surface area contributed by atoms with E-state index in [0.29, 0.717) is 18.8 Å². The van der Waals surface area contributed by atoms with Gasteiger partial charge in [-0.05, 0) is 31.9 Å². The van der Waals surface area contributed by atoms with Crippen LogP contribution in [0.4, 0.5) is 0 Å². The van der Waals surface area contributed by atoms with Gasteiger partial charge in [0.05, 0.1) is 31.3 Å². The van der Waals surface area contributed by atoms with Gasteiger partial charge in [0.25, 0.3) is 5.56 Å². The lowest BCUT2D eigenvalue weighted by molar-refractivity contribution is 0.113. The zero-order chi connectivity index (χ0) is 20.9. The third-order valence-corrected chi connectivity index (χ3v) is 4.72. The van der Waals surface area contributed by atoms with Crippen molar-refractivity contribution in [2.24, 2.45) is 0 Å². The van der Waals surface area contributed by atoms with Crippen LogP contribution in [0, 0.1) is 0 Å². The largest absolute Gasteiger partial charge is 0.375 e. The van der Waals surface area contributed by atoms with Crippen LogP contribution in [-0.4, -0.2) is 25.9 Å². The van der Waals surface area contributed by atoms with Crippen LogP contribution in [0.15, 0.2) is 54.0 Å². The number of halogens is 1. The lowest BCUT2D eigenvalue weighted by Gasteiger charge is -2.20. The van der Waals surface area contributed by atoms with Crippen molar-refractivity contribution in [3.63, 3.8) is 0 Å². The van der Waals surface area contributed by atoms with Crippen molar-refractivity contribution in [1.82, 2.24) is 19.3 Å². The van der Waals surface area contributed by atoms with E-state index in [4.69, 9.17) is 16.3 Å². The fraction of sp³-hybridized carbons (Fsp3) is 0.318. The molecule has 0 atom stereocenters. The van der Waals surface area contributed by atoms with Crippen molar-refractivity contribution >= 4 is 23.8 Å². The van der Waals surface area contributed by atoms with E-state index in [2.05, 4.69) is 10.1 Å². The first-order valence-corrected chi connectivity index (χ1v) is 9.81. The summed E-state index contributed by atoms with van der Waals surface area (Å²) in [6.07, 6.45) is 10.8. The molecule has 0 spiro atoms. The molecule has 6 nitrogen and oxygen atoms in total. The number of rotatable bonds is 7. The second-order valence-corrected chi connectivity index (χ2v) is 8.11. The molecule has 3 aromatic rings. The first kappa shape index (κ1) is 21.0. The molecule has 29 heavy (non-hydrogen) atoms. The Morgan fingerprint density at radius 2 is 1.93 bits per heavy atom. The van der Waals surface area contributed by atoms with Gasteiger partial charge in [0.2, 0.25) is 0 Å². The average Bonchev–Trinajstić information content (AvgIpc) is 3.20. The fourth-order valence-corrected chi connectivity index (χ4v) is 2.92. The fourth-order valence-electron chi connectivity index (χ4n) is 2.73. The van der Waals surface area contributed by atoms with Crippen molar-refractivity contribution in [2.45, 2.75) is 39.5 Å². The van der Waals surface area contributed by atoms with Gasteiger partial charge < -0.3 is 9.30 Å². The van der Waals surface area contributed by atoms with Crippen LogP contribution in [0.25, 0.3) is 12.2 Å². The van der Waals surface area contributed by atoms with Crippen LogP contribution in [0.5, 0.6) is 0 Å². The highest BCUT2D eigenvalue weighted by molar-refractivity contribution is 6.31. The maximum Gasteiger partial charge on any atom is 0.286 e. The predicted molar refractivity (Wildman–Crippen MR) is 116 cm³/mol. The summed E-state index contributed by atoms with van der Waals surface area (Å²) in [6.45, 7) is 7.70. The normalized spacial score (nSPS) is 12.0. The van der Waals surface area contributed by atoms with Crippen molar-refractivity contribution < 1.29 is 4.74 Å². The summed E-state index contributed by atoms with van der Waals surface area (Å²) >= 11 is 6.26. The standard InChI is InChI=1S/C22H25ClN4O2/c1-22(2,3)27-21(28)20(23)19(14-25-27)9-8-17-4-6-18(7-5-17)15-29-13-12-26-11-10-24-16-26/h4-11,14,16H,12-13,15H2,1-3H3/b9-8+. The van der Waals surface area contributed by atoms with Gasteiger partial charge in [-0.15, -0.1) is 0 Å².